The van der Waals surface area contributed by atoms with Crippen molar-refractivity contribution < 1.29 is 19.5 Å². The number of rotatable bonds is 7. The zero-order valence-corrected chi connectivity index (χ0v) is 24.8. The van der Waals surface area contributed by atoms with Crippen molar-refractivity contribution in [3.63, 3.8) is 0 Å². The topological polar surface area (TPSA) is 92.5 Å². The van der Waals surface area contributed by atoms with Crippen molar-refractivity contribution in [3.05, 3.63) is 50.8 Å². The number of aryl methyl sites for hydroxylation is 1. The van der Waals surface area contributed by atoms with Crippen LogP contribution in [-0.4, -0.2) is 50.0 Å². The minimum atomic E-state index is -0.763. The van der Waals surface area contributed by atoms with Crippen LogP contribution in [-0.2, 0) is 4.79 Å². The Balaban J connectivity index is 1.40. The summed E-state index contributed by atoms with van der Waals surface area (Å²) in [4.78, 5) is 41.0. The van der Waals surface area contributed by atoms with Gasteiger partial charge in [0.1, 0.15) is 0 Å². The Morgan fingerprint density at radius 3 is 2.15 bits per heavy atom. The van der Waals surface area contributed by atoms with E-state index in [0.717, 1.165) is 24.1 Å². The fourth-order valence-electron chi connectivity index (χ4n) is 7.15. The van der Waals surface area contributed by atoms with Gasteiger partial charge in [0.2, 0.25) is 0 Å². The lowest BCUT2D eigenvalue weighted by Crippen LogP contribution is -2.43. The first-order valence-corrected chi connectivity index (χ1v) is 14.6. The highest BCUT2D eigenvalue weighted by atomic mass is 35.5. The van der Waals surface area contributed by atoms with Gasteiger partial charge in [0, 0.05) is 11.7 Å². The summed E-state index contributed by atoms with van der Waals surface area (Å²) in [5, 5.41) is 14.8. The molecule has 0 radical (unpaired) electrons. The molecule has 1 aromatic heterocycles. The predicted molar refractivity (Wildman–Crippen MR) is 151 cm³/mol. The van der Waals surface area contributed by atoms with Gasteiger partial charge in [-0.2, -0.15) is 5.10 Å². The molecule has 3 atom stereocenters. The van der Waals surface area contributed by atoms with Crippen LogP contribution in [0.2, 0.25) is 10.0 Å². The van der Waals surface area contributed by atoms with Crippen molar-refractivity contribution in [2.75, 3.05) is 6.54 Å². The number of carbonyl (C=O) groups is 3. The number of Topliss-reactive ketones (excluding diaryl/α,β-unsaturated/α-hetero) is 1. The van der Waals surface area contributed by atoms with Gasteiger partial charge >= 0.3 is 5.97 Å². The van der Waals surface area contributed by atoms with E-state index in [1.807, 2.05) is 18.5 Å². The first-order valence-electron chi connectivity index (χ1n) is 13.8. The molecular weight excluding hydrogens is 537 g/mol. The summed E-state index contributed by atoms with van der Waals surface area (Å²) in [6, 6.07) is 3.43. The Hall–Kier alpha value is -2.38. The summed E-state index contributed by atoms with van der Waals surface area (Å²) in [6.45, 7) is 9.99. The number of carboxylic acids is 1. The van der Waals surface area contributed by atoms with Gasteiger partial charge in [-0.3, -0.25) is 19.1 Å². The van der Waals surface area contributed by atoms with E-state index in [-0.39, 0.29) is 41.3 Å². The minimum absolute atomic E-state index is 0.0406. The van der Waals surface area contributed by atoms with Crippen LogP contribution in [0.5, 0.6) is 0 Å². The van der Waals surface area contributed by atoms with Crippen molar-refractivity contribution in [1.29, 1.82) is 0 Å². The van der Waals surface area contributed by atoms with E-state index < -0.39 is 11.4 Å². The number of hydrogen-bond donors (Lipinski definition) is 1. The fourth-order valence-corrected chi connectivity index (χ4v) is 7.96. The van der Waals surface area contributed by atoms with Gasteiger partial charge in [0.15, 0.2) is 5.78 Å². The molecule has 1 aromatic carbocycles. The number of carboxylic acid groups (broad SMARTS) is 1. The molecule has 0 saturated heterocycles. The van der Waals surface area contributed by atoms with E-state index >= 15 is 0 Å². The number of aromatic nitrogens is 2. The van der Waals surface area contributed by atoms with Crippen LogP contribution in [0.15, 0.2) is 18.3 Å². The smallest absolute Gasteiger partial charge is 0.309 e. The number of amides is 1. The predicted octanol–water partition coefficient (Wildman–Crippen LogP) is 6.77. The van der Waals surface area contributed by atoms with Crippen LogP contribution < -0.4 is 0 Å². The van der Waals surface area contributed by atoms with E-state index in [1.165, 1.54) is 0 Å². The largest absolute Gasteiger partial charge is 0.481 e. The maximum absolute atomic E-state index is 14.1. The van der Waals surface area contributed by atoms with Gasteiger partial charge in [0.25, 0.3) is 5.91 Å². The van der Waals surface area contributed by atoms with Crippen molar-refractivity contribution >= 4 is 40.9 Å². The lowest BCUT2D eigenvalue weighted by Gasteiger charge is -2.34. The first kappa shape index (κ1) is 28.2. The Labute approximate surface area is 239 Å². The molecule has 1 amide bonds. The monoisotopic (exact) mass is 573 g/mol. The summed E-state index contributed by atoms with van der Waals surface area (Å²) in [6.07, 6.45) is 5.85. The van der Waals surface area contributed by atoms with Crippen molar-refractivity contribution in [1.82, 2.24) is 14.7 Å². The summed E-state index contributed by atoms with van der Waals surface area (Å²) in [7, 11) is 0. The number of benzene rings is 1. The molecule has 2 aromatic rings. The molecule has 3 saturated carbocycles. The number of hydrogen-bond acceptors (Lipinski definition) is 4. The normalized spacial score (nSPS) is 29.1. The quantitative estimate of drug-likeness (QED) is 0.369. The second-order valence-corrected chi connectivity index (χ2v) is 13.6. The van der Waals surface area contributed by atoms with Crippen molar-refractivity contribution in [2.45, 2.75) is 85.2 Å². The summed E-state index contributed by atoms with van der Waals surface area (Å²) < 4.78 is 1.87. The minimum Gasteiger partial charge on any atom is -0.481 e. The van der Waals surface area contributed by atoms with E-state index in [9.17, 15) is 19.5 Å². The molecule has 1 N–H and O–H groups in total. The SMILES string of the molecule is Cc1cc(Cl)c(C(=O)CN(C(=O)c2cnn(C3CCC(C)(C(=O)O)CC3)c2C)C2C[C@@H]3[C@H](C2)C3(C)C)c(Cl)c1. The molecule has 1 heterocycles. The van der Waals surface area contributed by atoms with Crippen molar-refractivity contribution in [2.24, 2.45) is 22.7 Å². The van der Waals surface area contributed by atoms with Crippen LogP contribution in [0, 0.1) is 36.5 Å². The van der Waals surface area contributed by atoms with Crippen LogP contribution in [0.4, 0.5) is 0 Å². The Morgan fingerprint density at radius 2 is 1.62 bits per heavy atom. The third kappa shape index (κ3) is 4.90. The van der Waals surface area contributed by atoms with Gasteiger partial charge in [-0.1, -0.05) is 37.0 Å². The highest BCUT2D eigenvalue weighted by Crippen LogP contribution is 2.67. The van der Waals surface area contributed by atoms with E-state index in [4.69, 9.17) is 23.2 Å². The Bertz CT molecular complexity index is 1300. The number of halogens is 2. The number of ketones is 1. The Morgan fingerprint density at radius 1 is 1.05 bits per heavy atom. The second kappa shape index (κ2) is 9.91. The Kier molecular flexibility index (Phi) is 7.16. The van der Waals surface area contributed by atoms with E-state index in [2.05, 4.69) is 18.9 Å². The molecule has 9 heteroatoms. The van der Waals surface area contributed by atoms with Crippen LogP contribution in [0.1, 0.15) is 97.3 Å². The third-order valence-corrected chi connectivity index (χ3v) is 10.6. The molecule has 7 nitrogen and oxygen atoms in total. The lowest BCUT2D eigenvalue weighted by atomic mass is 9.74. The average Bonchev–Trinajstić information content (AvgIpc) is 3.23. The zero-order chi connectivity index (χ0) is 28.4. The van der Waals surface area contributed by atoms with Gasteiger partial charge in [-0.15, -0.1) is 0 Å². The van der Waals surface area contributed by atoms with Gasteiger partial charge in [0.05, 0.1) is 45.4 Å². The van der Waals surface area contributed by atoms with E-state index in [0.29, 0.717) is 53.1 Å². The van der Waals surface area contributed by atoms with Gasteiger partial charge in [-0.05, 0) is 94.2 Å². The molecule has 210 valence electrons. The fraction of sp³-hybridized carbons (Fsp3) is 0.600. The molecule has 0 aliphatic heterocycles. The highest BCUT2D eigenvalue weighted by molar-refractivity contribution is 6.40. The summed E-state index contributed by atoms with van der Waals surface area (Å²) in [5.74, 6) is -0.144. The standard InChI is InChI=1S/C30H37Cl2N3O4/c1-16-10-23(31)26(24(32)11-16)25(36)15-34(19-12-21-22(13-19)29(21,3)4)27(37)20-14-33-35(17(20)2)18-6-8-30(5,9-7-18)28(38)39/h10-11,14,18-19,21-22H,6-9,12-13,15H2,1-5H3,(H,38,39)/t18?,19?,21-,22+,30?. The maximum atomic E-state index is 14.1. The number of nitrogens with zero attached hydrogens (tertiary/aromatic N) is 3. The highest BCUT2D eigenvalue weighted by Gasteiger charge is 2.63. The van der Waals surface area contributed by atoms with Gasteiger partial charge in [-0.25, -0.2) is 0 Å². The van der Waals surface area contributed by atoms with Crippen LogP contribution in [0.25, 0.3) is 0 Å². The van der Waals surface area contributed by atoms with Crippen molar-refractivity contribution in [3.8, 4) is 0 Å². The number of aliphatic carboxylic acids is 1. The average molecular weight is 575 g/mol. The van der Waals surface area contributed by atoms with Gasteiger partial charge < -0.3 is 10.0 Å². The molecule has 0 spiro atoms. The molecule has 3 aliphatic rings. The molecule has 39 heavy (non-hydrogen) atoms. The lowest BCUT2D eigenvalue weighted by molar-refractivity contribution is -0.150. The van der Waals surface area contributed by atoms with E-state index in [1.54, 1.807) is 30.2 Å². The first-order chi connectivity index (χ1) is 18.2. The molecule has 1 unspecified atom stereocenters. The molecule has 3 fully saturated rings. The molecule has 0 bridgehead atoms. The zero-order valence-electron chi connectivity index (χ0n) is 23.3. The molecule has 5 rings (SSSR count). The van der Waals surface area contributed by atoms with Crippen LogP contribution in [0.3, 0.4) is 0 Å². The van der Waals surface area contributed by atoms with Crippen LogP contribution >= 0.6 is 23.2 Å². The molecule has 3 aliphatic carbocycles. The number of fused-ring (bicyclic) bond motifs is 1. The summed E-state index contributed by atoms with van der Waals surface area (Å²) in [5.41, 5.74) is 1.91. The third-order valence-electron chi connectivity index (χ3n) is 10.0. The number of carbonyl (C=O) groups excluding carboxylic acids is 2. The second-order valence-electron chi connectivity index (χ2n) is 12.8. The summed E-state index contributed by atoms with van der Waals surface area (Å²) >= 11 is 12.9. The molecular formula is C30H37Cl2N3O4. The maximum Gasteiger partial charge on any atom is 0.309 e.